The molecular weight excluding hydrogens is 336 g/mol. The lowest BCUT2D eigenvalue weighted by molar-refractivity contribution is 0.0601. The Bertz CT molecular complexity index is 1040. The largest absolute Gasteiger partial charge is 0.465 e. The number of aromatic nitrogens is 2. The van der Waals surface area contributed by atoms with E-state index < -0.39 is 5.97 Å². The minimum absolute atomic E-state index is 0.216. The van der Waals surface area contributed by atoms with Crippen LogP contribution in [0.15, 0.2) is 58.5 Å². The van der Waals surface area contributed by atoms with Crippen LogP contribution >= 0.6 is 11.8 Å². The van der Waals surface area contributed by atoms with E-state index in [0.29, 0.717) is 33.1 Å². The molecule has 5 nitrogen and oxygen atoms in total. The predicted molar refractivity (Wildman–Crippen MR) is 98.2 cm³/mol. The van der Waals surface area contributed by atoms with Crippen LogP contribution in [-0.2, 0) is 4.74 Å². The lowest BCUT2D eigenvalue weighted by atomic mass is 10.1. The van der Waals surface area contributed by atoms with Crippen LogP contribution in [0.5, 0.6) is 0 Å². The van der Waals surface area contributed by atoms with Gasteiger partial charge in [-0.15, -0.1) is 6.42 Å². The lowest BCUT2D eigenvalue weighted by Crippen LogP contribution is -2.22. The molecule has 0 saturated carbocycles. The zero-order valence-electron chi connectivity index (χ0n) is 13.4. The molecule has 2 aromatic carbocycles. The molecule has 25 heavy (non-hydrogen) atoms. The molecular formula is C19H14N2O3S. The van der Waals surface area contributed by atoms with E-state index in [9.17, 15) is 9.59 Å². The Morgan fingerprint density at radius 3 is 2.72 bits per heavy atom. The Balaban J connectivity index is 2.28. The van der Waals surface area contributed by atoms with Gasteiger partial charge in [-0.1, -0.05) is 35.9 Å². The Morgan fingerprint density at radius 2 is 2.04 bits per heavy atom. The first-order valence-corrected chi connectivity index (χ1v) is 8.41. The summed E-state index contributed by atoms with van der Waals surface area (Å²) in [5.74, 6) is 2.43. The van der Waals surface area contributed by atoms with Gasteiger partial charge in [0.25, 0.3) is 5.56 Å². The van der Waals surface area contributed by atoms with E-state index in [2.05, 4.69) is 10.9 Å². The van der Waals surface area contributed by atoms with Crippen molar-refractivity contribution in [1.82, 2.24) is 9.55 Å². The van der Waals surface area contributed by atoms with E-state index in [4.69, 9.17) is 11.2 Å². The van der Waals surface area contributed by atoms with Crippen LogP contribution in [0.3, 0.4) is 0 Å². The number of ether oxygens (including phenoxy) is 1. The highest BCUT2D eigenvalue weighted by Crippen LogP contribution is 2.21. The number of esters is 1. The zero-order valence-corrected chi connectivity index (χ0v) is 14.2. The number of para-hydroxylation sites is 1. The summed E-state index contributed by atoms with van der Waals surface area (Å²) in [6.07, 6.45) is 5.35. The Hall–Kier alpha value is -3.04. The SMILES string of the molecule is C#CCSc1nc2cc(C(=O)OC)ccc2c(=O)n1-c1ccccc1. The number of nitrogens with zero attached hydrogens (tertiary/aromatic N) is 2. The number of methoxy groups -OCH3 is 1. The molecule has 0 N–H and O–H groups in total. The summed E-state index contributed by atoms with van der Waals surface area (Å²) in [6.45, 7) is 0. The van der Waals surface area contributed by atoms with Crippen molar-refractivity contribution in [1.29, 1.82) is 0 Å². The number of carbonyl (C=O) groups excluding carboxylic acids is 1. The van der Waals surface area contributed by atoms with E-state index in [0.717, 1.165) is 0 Å². The Labute approximate surface area is 148 Å². The molecule has 0 saturated heterocycles. The average Bonchev–Trinajstić information content (AvgIpc) is 2.66. The molecule has 0 spiro atoms. The maximum atomic E-state index is 13.0. The second-order valence-corrected chi connectivity index (χ2v) is 6.03. The van der Waals surface area contributed by atoms with Crippen molar-refractivity contribution in [3.8, 4) is 18.0 Å². The highest BCUT2D eigenvalue weighted by Gasteiger charge is 2.15. The molecule has 3 rings (SSSR count). The van der Waals surface area contributed by atoms with Gasteiger partial charge < -0.3 is 4.74 Å². The summed E-state index contributed by atoms with van der Waals surface area (Å²) in [5, 5.41) is 0.894. The van der Waals surface area contributed by atoms with E-state index in [-0.39, 0.29) is 5.56 Å². The van der Waals surface area contributed by atoms with Gasteiger partial charge in [-0.2, -0.15) is 0 Å². The smallest absolute Gasteiger partial charge is 0.337 e. The fourth-order valence-corrected chi connectivity index (χ4v) is 3.11. The second kappa shape index (κ2) is 7.24. The Morgan fingerprint density at radius 1 is 1.28 bits per heavy atom. The molecule has 0 aliphatic rings. The third kappa shape index (κ3) is 3.28. The van der Waals surface area contributed by atoms with E-state index >= 15 is 0 Å². The van der Waals surface area contributed by atoms with Gasteiger partial charge in [-0.05, 0) is 30.3 Å². The van der Waals surface area contributed by atoms with Crippen LogP contribution in [0.4, 0.5) is 0 Å². The summed E-state index contributed by atoms with van der Waals surface area (Å²) >= 11 is 1.29. The second-order valence-electron chi connectivity index (χ2n) is 5.09. The fourth-order valence-electron chi connectivity index (χ4n) is 2.42. The van der Waals surface area contributed by atoms with Crippen LogP contribution in [-0.4, -0.2) is 28.4 Å². The van der Waals surface area contributed by atoms with Crippen LogP contribution in [0, 0.1) is 12.3 Å². The zero-order chi connectivity index (χ0) is 17.8. The first kappa shape index (κ1) is 16.8. The van der Waals surface area contributed by atoms with Gasteiger partial charge in [0.05, 0.1) is 35.0 Å². The lowest BCUT2D eigenvalue weighted by Gasteiger charge is -2.12. The van der Waals surface area contributed by atoms with Crippen molar-refractivity contribution in [2.45, 2.75) is 5.16 Å². The first-order chi connectivity index (χ1) is 12.2. The molecule has 3 aromatic rings. The molecule has 0 atom stereocenters. The van der Waals surface area contributed by atoms with E-state index in [1.54, 1.807) is 18.2 Å². The summed E-state index contributed by atoms with van der Waals surface area (Å²) < 4.78 is 6.25. The highest BCUT2D eigenvalue weighted by atomic mass is 32.2. The summed E-state index contributed by atoms with van der Waals surface area (Å²) in [7, 11) is 1.31. The quantitative estimate of drug-likeness (QED) is 0.313. The fraction of sp³-hybridized carbons (Fsp3) is 0.105. The topological polar surface area (TPSA) is 61.2 Å². The van der Waals surface area contributed by atoms with Crippen molar-refractivity contribution >= 4 is 28.6 Å². The summed E-state index contributed by atoms with van der Waals surface area (Å²) in [6, 6.07) is 13.9. The van der Waals surface area contributed by atoms with Crippen LogP contribution in [0.25, 0.3) is 16.6 Å². The maximum absolute atomic E-state index is 13.0. The van der Waals surface area contributed by atoms with Crippen molar-refractivity contribution in [2.24, 2.45) is 0 Å². The van der Waals surface area contributed by atoms with Crippen molar-refractivity contribution in [2.75, 3.05) is 12.9 Å². The van der Waals surface area contributed by atoms with Gasteiger partial charge in [0.1, 0.15) is 0 Å². The number of hydrogen-bond donors (Lipinski definition) is 0. The number of thioether (sulfide) groups is 1. The number of carbonyl (C=O) groups is 1. The van der Waals surface area contributed by atoms with Crippen LogP contribution in [0.2, 0.25) is 0 Å². The van der Waals surface area contributed by atoms with E-state index in [1.165, 1.54) is 23.4 Å². The average molecular weight is 350 g/mol. The van der Waals surface area contributed by atoms with Crippen molar-refractivity contribution in [3.05, 3.63) is 64.4 Å². The minimum Gasteiger partial charge on any atom is -0.465 e. The molecule has 1 aromatic heterocycles. The highest BCUT2D eigenvalue weighted by molar-refractivity contribution is 7.99. The van der Waals surface area contributed by atoms with E-state index in [1.807, 2.05) is 30.3 Å². The molecule has 6 heteroatoms. The molecule has 0 aliphatic carbocycles. The molecule has 1 heterocycles. The number of rotatable bonds is 4. The van der Waals surface area contributed by atoms with Crippen LogP contribution in [0.1, 0.15) is 10.4 Å². The molecule has 0 fully saturated rings. The van der Waals surface area contributed by atoms with Crippen LogP contribution < -0.4 is 5.56 Å². The predicted octanol–water partition coefficient (Wildman–Crippen LogP) is 2.90. The van der Waals surface area contributed by atoms with Gasteiger partial charge in [0.15, 0.2) is 5.16 Å². The number of terminal acetylenes is 1. The summed E-state index contributed by atoms with van der Waals surface area (Å²) in [4.78, 5) is 29.3. The number of fused-ring (bicyclic) bond motifs is 1. The van der Waals surface area contributed by atoms with Gasteiger partial charge in [0, 0.05) is 0 Å². The summed E-state index contributed by atoms with van der Waals surface area (Å²) in [5.41, 5.74) is 1.26. The molecule has 0 amide bonds. The van der Waals surface area contributed by atoms with Gasteiger partial charge in [0.2, 0.25) is 0 Å². The molecule has 0 bridgehead atoms. The van der Waals surface area contributed by atoms with Gasteiger partial charge >= 0.3 is 5.97 Å². The normalized spacial score (nSPS) is 10.4. The maximum Gasteiger partial charge on any atom is 0.337 e. The van der Waals surface area contributed by atoms with Gasteiger partial charge in [-0.3, -0.25) is 9.36 Å². The standard InChI is InChI=1S/C19H14N2O3S/c1-3-11-25-19-20-16-12-13(18(23)24-2)9-10-15(16)17(22)21(19)14-7-5-4-6-8-14/h1,4-10,12H,11H2,2H3. The first-order valence-electron chi connectivity index (χ1n) is 7.42. The molecule has 0 radical (unpaired) electrons. The number of benzene rings is 2. The molecule has 0 unspecified atom stereocenters. The Kier molecular flexibility index (Phi) is 4.87. The third-order valence-corrected chi connectivity index (χ3v) is 4.40. The molecule has 124 valence electrons. The third-order valence-electron chi connectivity index (χ3n) is 3.56. The minimum atomic E-state index is -0.478. The van der Waals surface area contributed by atoms with Crippen molar-refractivity contribution in [3.63, 3.8) is 0 Å². The number of hydrogen-bond acceptors (Lipinski definition) is 5. The van der Waals surface area contributed by atoms with Gasteiger partial charge in [-0.25, -0.2) is 9.78 Å². The van der Waals surface area contributed by atoms with Crippen molar-refractivity contribution < 1.29 is 9.53 Å². The monoisotopic (exact) mass is 350 g/mol. The molecule has 0 aliphatic heterocycles.